The first-order valence-corrected chi connectivity index (χ1v) is 9.45. The molecule has 0 bridgehead atoms. The topological polar surface area (TPSA) is 81.9 Å². The fourth-order valence-corrected chi connectivity index (χ4v) is 3.36. The van der Waals surface area contributed by atoms with Gasteiger partial charge in [0.2, 0.25) is 5.88 Å². The third kappa shape index (κ3) is 4.07. The second kappa shape index (κ2) is 7.61. The molecule has 0 atom stereocenters. The molecule has 1 N–H and O–H groups in total. The maximum Gasteiger partial charge on any atom is 0.265 e. The SMILES string of the molecule is Cc1csc(C(=O)Nc2ccc(Oc3cc(-n4cccn4)nc(C)n3)cc2)c1. The quantitative estimate of drug-likeness (QED) is 0.546. The lowest BCUT2D eigenvalue weighted by atomic mass is 10.3. The molecule has 3 aromatic heterocycles. The van der Waals surface area contributed by atoms with Gasteiger partial charge in [0, 0.05) is 24.1 Å². The molecule has 3 heterocycles. The third-order valence-electron chi connectivity index (χ3n) is 3.83. The minimum Gasteiger partial charge on any atom is -0.439 e. The second-order valence-electron chi connectivity index (χ2n) is 6.13. The minimum absolute atomic E-state index is 0.123. The van der Waals surface area contributed by atoms with Gasteiger partial charge in [0.05, 0.1) is 4.88 Å². The van der Waals surface area contributed by atoms with Crippen LogP contribution in [0.25, 0.3) is 5.82 Å². The van der Waals surface area contributed by atoms with E-state index in [9.17, 15) is 4.79 Å². The summed E-state index contributed by atoms with van der Waals surface area (Å²) < 4.78 is 7.49. The first-order valence-electron chi connectivity index (χ1n) is 8.57. The number of aryl methyl sites for hydroxylation is 2. The van der Waals surface area contributed by atoms with Gasteiger partial charge in [-0.05, 0) is 61.2 Å². The molecule has 28 heavy (non-hydrogen) atoms. The monoisotopic (exact) mass is 391 g/mol. The average molecular weight is 391 g/mol. The maximum absolute atomic E-state index is 12.2. The number of carbonyl (C=O) groups is 1. The van der Waals surface area contributed by atoms with Crippen LogP contribution in [0.2, 0.25) is 0 Å². The smallest absolute Gasteiger partial charge is 0.265 e. The fourth-order valence-electron chi connectivity index (χ4n) is 2.57. The predicted molar refractivity (Wildman–Crippen MR) is 107 cm³/mol. The van der Waals surface area contributed by atoms with E-state index in [1.165, 1.54) is 11.3 Å². The highest BCUT2D eigenvalue weighted by atomic mass is 32.1. The number of benzene rings is 1. The molecule has 0 aliphatic rings. The van der Waals surface area contributed by atoms with Crippen LogP contribution in [-0.4, -0.2) is 25.7 Å². The molecule has 0 saturated heterocycles. The van der Waals surface area contributed by atoms with Crippen LogP contribution in [0.15, 0.2) is 60.2 Å². The Labute approximate surface area is 165 Å². The zero-order valence-corrected chi connectivity index (χ0v) is 16.1. The van der Waals surface area contributed by atoms with Gasteiger partial charge in [-0.15, -0.1) is 11.3 Å². The molecule has 0 aliphatic heterocycles. The van der Waals surface area contributed by atoms with Crippen molar-refractivity contribution in [3.05, 3.63) is 76.5 Å². The standard InChI is InChI=1S/C20H17N5O2S/c1-13-10-17(28-12-13)20(26)24-15-4-6-16(7-5-15)27-19-11-18(22-14(2)23-19)25-9-3-8-21-25/h3-12H,1-2H3,(H,24,26). The number of hydrogen-bond acceptors (Lipinski definition) is 6. The van der Waals surface area contributed by atoms with Crippen molar-refractivity contribution in [2.75, 3.05) is 5.32 Å². The Kier molecular flexibility index (Phi) is 4.86. The Morgan fingerprint density at radius 2 is 1.96 bits per heavy atom. The summed E-state index contributed by atoms with van der Waals surface area (Å²) in [4.78, 5) is 21.6. The fraction of sp³-hybridized carbons (Fsp3) is 0.100. The van der Waals surface area contributed by atoms with E-state index in [0.29, 0.717) is 33.8 Å². The summed E-state index contributed by atoms with van der Waals surface area (Å²) >= 11 is 1.43. The van der Waals surface area contributed by atoms with Gasteiger partial charge in [-0.25, -0.2) is 9.67 Å². The summed E-state index contributed by atoms with van der Waals surface area (Å²) in [7, 11) is 0. The van der Waals surface area contributed by atoms with Crippen molar-refractivity contribution in [2.45, 2.75) is 13.8 Å². The minimum atomic E-state index is -0.123. The van der Waals surface area contributed by atoms with E-state index in [2.05, 4.69) is 20.4 Å². The van der Waals surface area contributed by atoms with Crippen molar-refractivity contribution in [3.63, 3.8) is 0 Å². The zero-order chi connectivity index (χ0) is 19.5. The first kappa shape index (κ1) is 17.9. The van der Waals surface area contributed by atoms with Gasteiger partial charge in [-0.2, -0.15) is 10.1 Å². The van der Waals surface area contributed by atoms with E-state index in [1.54, 1.807) is 54.3 Å². The van der Waals surface area contributed by atoms with Gasteiger partial charge in [0.25, 0.3) is 5.91 Å². The number of hydrogen-bond donors (Lipinski definition) is 1. The number of carbonyl (C=O) groups excluding carboxylic acids is 1. The molecule has 1 aromatic carbocycles. The highest BCUT2D eigenvalue weighted by molar-refractivity contribution is 7.12. The number of nitrogens with one attached hydrogen (secondary N) is 1. The summed E-state index contributed by atoms with van der Waals surface area (Å²) in [6, 6.07) is 12.5. The number of ether oxygens (including phenoxy) is 1. The summed E-state index contributed by atoms with van der Waals surface area (Å²) in [5, 5.41) is 9.00. The van der Waals surface area contributed by atoms with Gasteiger partial charge >= 0.3 is 0 Å². The number of nitrogens with zero attached hydrogens (tertiary/aromatic N) is 4. The Morgan fingerprint density at radius 3 is 2.64 bits per heavy atom. The lowest BCUT2D eigenvalue weighted by Gasteiger charge is -2.09. The van der Waals surface area contributed by atoms with Crippen LogP contribution in [0, 0.1) is 13.8 Å². The molecule has 0 aliphatic carbocycles. The number of thiophene rings is 1. The Bertz CT molecular complexity index is 1100. The number of anilines is 1. The van der Waals surface area contributed by atoms with E-state index < -0.39 is 0 Å². The molecule has 7 nitrogen and oxygen atoms in total. The van der Waals surface area contributed by atoms with Crippen molar-refractivity contribution < 1.29 is 9.53 Å². The van der Waals surface area contributed by atoms with Gasteiger partial charge in [-0.1, -0.05) is 0 Å². The number of rotatable bonds is 5. The molecule has 8 heteroatoms. The van der Waals surface area contributed by atoms with Crippen molar-refractivity contribution in [3.8, 4) is 17.4 Å². The van der Waals surface area contributed by atoms with Gasteiger partial charge in [0.1, 0.15) is 11.6 Å². The maximum atomic E-state index is 12.2. The molecule has 0 radical (unpaired) electrons. The molecule has 0 spiro atoms. The Balaban J connectivity index is 1.47. The summed E-state index contributed by atoms with van der Waals surface area (Å²) in [6.45, 7) is 3.76. The van der Waals surface area contributed by atoms with Gasteiger partial charge in [0.15, 0.2) is 5.82 Å². The number of aromatic nitrogens is 4. The van der Waals surface area contributed by atoms with Gasteiger partial charge < -0.3 is 10.1 Å². The number of amides is 1. The van der Waals surface area contributed by atoms with Crippen LogP contribution in [0.4, 0.5) is 5.69 Å². The average Bonchev–Trinajstić information content (AvgIpc) is 3.35. The van der Waals surface area contributed by atoms with Crippen molar-refractivity contribution >= 4 is 22.9 Å². The molecular formula is C20H17N5O2S. The molecule has 4 aromatic rings. The Hall–Kier alpha value is -3.52. The van der Waals surface area contributed by atoms with Crippen LogP contribution in [-0.2, 0) is 0 Å². The lowest BCUT2D eigenvalue weighted by molar-refractivity contribution is 0.103. The first-order chi connectivity index (χ1) is 13.6. The van der Waals surface area contributed by atoms with E-state index in [0.717, 1.165) is 5.56 Å². The van der Waals surface area contributed by atoms with Crippen molar-refractivity contribution in [2.24, 2.45) is 0 Å². The van der Waals surface area contributed by atoms with E-state index in [4.69, 9.17) is 4.74 Å². The molecule has 0 unspecified atom stereocenters. The van der Waals surface area contributed by atoms with Crippen molar-refractivity contribution in [1.82, 2.24) is 19.7 Å². The summed E-state index contributed by atoms with van der Waals surface area (Å²) in [6.07, 6.45) is 3.49. The highest BCUT2D eigenvalue weighted by Gasteiger charge is 2.09. The summed E-state index contributed by atoms with van der Waals surface area (Å²) in [5.41, 5.74) is 1.77. The molecule has 140 valence electrons. The summed E-state index contributed by atoms with van der Waals surface area (Å²) in [5.74, 6) is 2.11. The molecule has 0 saturated carbocycles. The Morgan fingerprint density at radius 1 is 1.14 bits per heavy atom. The second-order valence-corrected chi connectivity index (χ2v) is 7.04. The highest BCUT2D eigenvalue weighted by Crippen LogP contribution is 2.23. The predicted octanol–water partition coefficient (Wildman–Crippen LogP) is 4.39. The molecule has 4 rings (SSSR count). The zero-order valence-electron chi connectivity index (χ0n) is 15.3. The van der Waals surface area contributed by atoms with Crippen LogP contribution in [0.3, 0.4) is 0 Å². The molecular weight excluding hydrogens is 374 g/mol. The van der Waals surface area contributed by atoms with Crippen LogP contribution >= 0.6 is 11.3 Å². The largest absolute Gasteiger partial charge is 0.439 e. The molecule has 0 fully saturated rings. The van der Waals surface area contributed by atoms with Gasteiger partial charge in [-0.3, -0.25) is 4.79 Å². The lowest BCUT2D eigenvalue weighted by Crippen LogP contribution is -2.09. The van der Waals surface area contributed by atoms with E-state index >= 15 is 0 Å². The van der Waals surface area contributed by atoms with Crippen LogP contribution in [0.5, 0.6) is 11.6 Å². The van der Waals surface area contributed by atoms with Crippen LogP contribution in [0.1, 0.15) is 21.1 Å². The van der Waals surface area contributed by atoms with E-state index in [1.807, 2.05) is 24.4 Å². The third-order valence-corrected chi connectivity index (χ3v) is 4.88. The normalized spacial score (nSPS) is 10.6. The van der Waals surface area contributed by atoms with Crippen molar-refractivity contribution in [1.29, 1.82) is 0 Å². The molecule has 1 amide bonds. The van der Waals surface area contributed by atoms with Crippen LogP contribution < -0.4 is 10.1 Å². The van der Waals surface area contributed by atoms with E-state index in [-0.39, 0.29) is 5.91 Å².